The summed E-state index contributed by atoms with van der Waals surface area (Å²) in [5, 5.41) is 0. The molecule has 0 N–H and O–H groups in total. The van der Waals surface area contributed by atoms with Gasteiger partial charge in [0, 0.05) is 0 Å². The standard InChI is InChI=1S/C15H15Cl2Si/c1-12(11-18(16)17)13-7-9-15(10-8-13)14-5-3-2-4-6-14/h2-10,12H,11H2,1H3. The first-order valence-electron chi connectivity index (χ1n) is 5.99. The third kappa shape index (κ3) is 3.61. The summed E-state index contributed by atoms with van der Waals surface area (Å²) < 4.78 is 0. The highest BCUT2D eigenvalue weighted by molar-refractivity contribution is 7.33. The maximum absolute atomic E-state index is 5.92. The first-order valence-corrected chi connectivity index (χ1v) is 9.72. The Kier molecular flexibility index (Phi) is 4.87. The van der Waals surface area contributed by atoms with Crippen molar-refractivity contribution in [2.45, 2.75) is 18.9 Å². The molecule has 2 aromatic rings. The molecule has 0 aliphatic carbocycles. The predicted molar refractivity (Wildman–Crippen MR) is 82.6 cm³/mol. The van der Waals surface area contributed by atoms with Crippen LogP contribution in [0.5, 0.6) is 0 Å². The fraction of sp³-hybridized carbons (Fsp3) is 0.200. The molecule has 3 heteroatoms. The lowest BCUT2D eigenvalue weighted by molar-refractivity contribution is 0.861. The highest BCUT2D eigenvalue weighted by atomic mass is 35.7. The normalized spacial score (nSPS) is 12.7. The maximum atomic E-state index is 5.92. The molecule has 0 heterocycles. The Morgan fingerprint density at radius 2 is 1.44 bits per heavy atom. The summed E-state index contributed by atoms with van der Waals surface area (Å²) in [6.07, 6.45) is 0. The lowest BCUT2D eigenvalue weighted by Crippen LogP contribution is -2.01. The fourth-order valence-corrected chi connectivity index (χ4v) is 4.07. The molecule has 0 bridgehead atoms. The first kappa shape index (κ1) is 13.7. The van der Waals surface area contributed by atoms with Crippen LogP contribution in [-0.4, -0.2) is 7.42 Å². The van der Waals surface area contributed by atoms with E-state index >= 15 is 0 Å². The Balaban J connectivity index is 2.15. The molecule has 0 fully saturated rings. The van der Waals surface area contributed by atoms with Crippen LogP contribution < -0.4 is 0 Å². The second kappa shape index (κ2) is 6.42. The first-order chi connectivity index (χ1) is 8.66. The van der Waals surface area contributed by atoms with Gasteiger partial charge in [0.05, 0.1) is 0 Å². The van der Waals surface area contributed by atoms with E-state index in [4.69, 9.17) is 22.2 Å². The van der Waals surface area contributed by atoms with E-state index in [2.05, 4.69) is 55.5 Å². The highest BCUT2D eigenvalue weighted by Gasteiger charge is 2.12. The molecule has 0 aromatic heterocycles. The molecular formula is C15H15Cl2Si. The van der Waals surface area contributed by atoms with Crippen LogP contribution in [0.3, 0.4) is 0 Å². The van der Waals surface area contributed by atoms with Crippen molar-refractivity contribution in [1.29, 1.82) is 0 Å². The molecule has 0 saturated heterocycles. The van der Waals surface area contributed by atoms with Crippen molar-refractivity contribution in [3.05, 3.63) is 60.2 Å². The molecule has 0 aliphatic rings. The SMILES string of the molecule is CC(C[Si](Cl)Cl)c1ccc(-c2ccccc2)cc1. The van der Waals surface area contributed by atoms with Crippen molar-refractivity contribution in [1.82, 2.24) is 0 Å². The van der Waals surface area contributed by atoms with Gasteiger partial charge in [-0.2, -0.15) is 0 Å². The van der Waals surface area contributed by atoms with E-state index in [0.29, 0.717) is 5.92 Å². The molecule has 1 radical (unpaired) electrons. The second-order valence-corrected chi connectivity index (χ2v) is 8.84. The second-order valence-electron chi connectivity index (χ2n) is 4.43. The Labute approximate surface area is 120 Å². The summed E-state index contributed by atoms with van der Waals surface area (Å²) in [7, 11) is -1.20. The topological polar surface area (TPSA) is 0 Å². The van der Waals surface area contributed by atoms with Crippen molar-refractivity contribution in [3.8, 4) is 11.1 Å². The summed E-state index contributed by atoms with van der Waals surface area (Å²) in [6, 6.07) is 19.9. The third-order valence-electron chi connectivity index (χ3n) is 3.05. The number of hydrogen-bond donors (Lipinski definition) is 0. The summed E-state index contributed by atoms with van der Waals surface area (Å²) in [5.74, 6) is 0.429. The molecule has 0 spiro atoms. The van der Waals surface area contributed by atoms with Gasteiger partial charge < -0.3 is 0 Å². The molecule has 1 atom stereocenters. The largest absolute Gasteiger partial charge is 0.274 e. The minimum atomic E-state index is -1.20. The minimum absolute atomic E-state index is 0.429. The van der Waals surface area contributed by atoms with Crippen molar-refractivity contribution < 1.29 is 0 Å². The fourth-order valence-electron chi connectivity index (χ4n) is 1.98. The van der Waals surface area contributed by atoms with Crippen LogP contribution in [-0.2, 0) is 0 Å². The van der Waals surface area contributed by atoms with Crippen molar-refractivity contribution in [2.75, 3.05) is 0 Å². The van der Waals surface area contributed by atoms with Crippen molar-refractivity contribution in [3.63, 3.8) is 0 Å². The number of hydrogen-bond acceptors (Lipinski definition) is 0. The van der Waals surface area contributed by atoms with E-state index in [9.17, 15) is 0 Å². The summed E-state index contributed by atoms with van der Waals surface area (Å²) in [4.78, 5) is 0. The maximum Gasteiger partial charge on any atom is 0.274 e. The van der Waals surface area contributed by atoms with Gasteiger partial charge in [0.2, 0.25) is 0 Å². The van der Waals surface area contributed by atoms with Crippen molar-refractivity contribution in [2.24, 2.45) is 0 Å². The van der Waals surface area contributed by atoms with Crippen LogP contribution in [0.15, 0.2) is 54.6 Å². The average molecular weight is 294 g/mol. The predicted octanol–water partition coefficient (Wildman–Crippen LogP) is 5.42. The lowest BCUT2D eigenvalue weighted by atomic mass is 9.99. The van der Waals surface area contributed by atoms with Gasteiger partial charge in [-0.25, -0.2) is 0 Å². The molecule has 2 rings (SSSR count). The molecule has 2 aromatic carbocycles. The van der Waals surface area contributed by atoms with Crippen LogP contribution >= 0.6 is 22.2 Å². The van der Waals surface area contributed by atoms with Gasteiger partial charge in [0.15, 0.2) is 0 Å². The molecule has 18 heavy (non-hydrogen) atoms. The monoisotopic (exact) mass is 293 g/mol. The van der Waals surface area contributed by atoms with E-state index in [1.165, 1.54) is 16.7 Å². The van der Waals surface area contributed by atoms with Crippen LogP contribution in [0.2, 0.25) is 6.04 Å². The van der Waals surface area contributed by atoms with E-state index < -0.39 is 7.42 Å². The molecule has 0 saturated carbocycles. The molecule has 1 unspecified atom stereocenters. The Morgan fingerprint density at radius 1 is 0.889 bits per heavy atom. The molecule has 0 amide bonds. The number of halogens is 2. The summed E-state index contributed by atoms with van der Waals surface area (Å²) in [6.45, 7) is 2.17. The van der Waals surface area contributed by atoms with Crippen LogP contribution in [0.4, 0.5) is 0 Å². The van der Waals surface area contributed by atoms with Gasteiger partial charge in [-0.05, 0) is 28.7 Å². The number of benzene rings is 2. The zero-order valence-electron chi connectivity index (χ0n) is 10.2. The van der Waals surface area contributed by atoms with Gasteiger partial charge in [-0.1, -0.05) is 61.5 Å². The molecular weight excluding hydrogens is 279 g/mol. The zero-order valence-corrected chi connectivity index (χ0v) is 12.7. The smallest absolute Gasteiger partial charge is 0.147 e. The average Bonchev–Trinajstić information content (AvgIpc) is 2.39. The van der Waals surface area contributed by atoms with E-state index in [0.717, 1.165) is 6.04 Å². The summed E-state index contributed by atoms with van der Waals surface area (Å²) in [5.41, 5.74) is 3.79. The lowest BCUT2D eigenvalue weighted by Gasteiger charge is -2.12. The van der Waals surface area contributed by atoms with Gasteiger partial charge in [-0.15, -0.1) is 22.2 Å². The van der Waals surface area contributed by atoms with Crippen molar-refractivity contribution >= 4 is 29.6 Å². The minimum Gasteiger partial charge on any atom is -0.147 e. The Morgan fingerprint density at radius 3 is 2.00 bits per heavy atom. The van der Waals surface area contributed by atoms with Crippen LogP contribution in [0, 0.1) is 0 Å². The summed E-state index contributed by atoms with van der Waals surface area (Å²) >= 11 is 11.8. The molecule has 0 nitrogen and oxygen atoms in total. The van der Waals surface area contributed by atoms with E-state index in [1.807, 2.05) is 6.07 Å². The molecule has 93 valence electrons. The zero-order chi connectivity index (χ0) is 13.0. The quantitative estimate of drug-likeness (QED) is 0.521. The van der Waals surface area contributed by atoms with Gasteiger partial charge in [-0.3, -0.25) is 0 Å². The number of rotatable bonds is 4. The molecule has 0 aliphatic heterocycles. The Bertz CT molecular complexity index is 480. The highest BCUT2D eigenvalue weighted by Crippen LogP contribution is 2.26. The van der Waals surface area contributed by atoms with Gasteiger partial charge >= 0.3 is 0 Å². The van der Waals surface area contributed by atoms with Gasteiger partial charge in [0.25, 0.3) is 7.42 Å². The van der Waals surface area contributed by atoms with Crippen LogP contribution in [0.25, 0.3) is 11.1 Å². The van der Waals surface area contributed by atoms with Crippen LogP contribution in [0.1, 0.15) is 18.4 Å². The Hall–Kier alpha value is -0.763. The third-order valence-corrected chi connectivity index (χ3v) is 4.89. The van der Waals surface area contributed by atoms with Gasteiger partial charge in [0.1, 0.15) is 0 Å². The van der Waals surface area contributed by atoms with E-state index in [1.54, 1.807) is 0 Å². The van der Waals surface area contributed by atoms with E-state index in [-0.39, 0.29) is 0 Å².